The van der Waals surface area contributed by atoms with E-state index in [-0.39, 0.29) is 0 Å². The monoisotopic (exact) mass is 283 g/mol. The summed E-state index contributed by atoms with van der Waals surface area (Å²) in [6, 6.07) is 0. The SMILES string of the molecule is CCNCCCc1nnc(-c2snnc2CC)s1. The molecule has 0 amide bonds. The van der Waals surface area contributed by atoms with E-state index in [1.165, 1.54) is 11.5 Å². The maximum Gasteiger partial charge on any atom is 0.161 e. The molecule has 2 heterocycles. The van der Waals surface area contributed by atoms with Crippen molar-refractivity contribution >= 4 is 22.9 Å². The van der Waals surface area contributed by atoms with Gasteiger partial charge in [0.15, 0.2) is 5.01 Å². The van der Waals surface area contributed by atoms with Crippen molar-refractivity contribution in [3.05, 3.63) is 10.7 Å². The molecule has 0 atom stereocenters. The Kier molecular flexibility index (Phi) is 5.15. The smallest absolute Gasteiger partial charge is 0.161 e. The van der Waals surface area contributed by atoms with Gasteiger partial charge in [-0.25, -0.2) is 0 Å². The van der Waals surface area contributed by atoms with Gasteiger partial charge in [0.05, 0.1) is 5.69 Å². The van der Waals surface area contributed by atoms with Crippen LogP contribution in [-0.2, 0) is 12.8 Å². The van der Waals surface area contributed by atoms with Crippen LogP contribution in [0.2, 0.25) is 0 Å². The lowest BCUT2D eigenvalue weighted by atomic mass is 10.3. The fourth-order valence-electron chi connectivity index (χ4n) is 1.59. The average Bonchev–Trinajstić information content (AvgIpc) is 3.02. The van der Waals surface area contributed by atoms with Gasteiger partial charge in [-0.15, -0.1) is 15.3 Å². The van der Waals surface area contributed by atoms with Crippen LogP contribution in [0.15, 0.2) is 0 Å². The van der Waals surface area contributed by atoms with E-state index in [2.05, 4.69) is 38.9 Å². The van der Waals surface area contributed by atoms with E-state index in [9.17, 15) is 0 Å². The molecule has 0 spiro atoms. The van der Waals surface area contributed by atoms with Crippen LogP contribution in [-0.4, -0.2) is 32.9 Å². The van der Waals surface area contributed by atoms with E-state index in [0.29, 0.717) is 0 Å². The third-order valence-electron chi connectivity index (χ3n) is 2.55. The Labute approximate surface area is 115 Å². The molecule has 5 nitrogen and oxygen atoms in total. The molecule has 0 aliphatic heterocycles. The molecule has 98 valence electrons. The number of aryl methyl sites for hydroxylation is 2. The van der Waals surface area contributed by atoms with E-state index in [1.54, 1.807) is 11.3 Å². The molecular formula is C11H17N5S2. The quantitative estimate of drug-likeness (QED) is 0.789. The summed E-state index contributed by atoms with van der Waals surface area (Å²) in [5.74, 6) is 0. The minimum atomic E-state index is 0.890. The van der Waals surface area contributed by atoms with E-state index in [0.717, 1.165) is 52.9 Å². The first kappa shape index (κ1) is 13.5. The highest BCUT2D eigenvalue weighted by molar-refractivity contribution is 7.19. The van der Waals surface area contributed by atoms with Crippen molar-refractivity contribution in [2.24, 2.45) is 0 Å². The predicted molar refractivity (Wildman–Crippen MR) is 75.1 cm³/mol. The van der Waals surface area contributed by atoms with E-state index in [4.69, 9.17) is 0 Å². The van der Waals surface area contributed by atoms with Crippen molar-refractivity contribution < 1.29 is 0 Å². The number of aromatic nitrogens is 4. The molecule has 0 bridgehead atoms. The Balaban J connectivity index is 1.97. The highest BCUT2D eigenvalue weighted by atomic mass is 32.1. The summed E-state index contributed by atoms with van der Waals surface area (Å²) in [7, 11) is 0. The number of nitrogens with one attached hydrogen (secondary N) is 1. The number of rotatable bonds is 7. The molecule has 0 aliphatic carbocycles. The normalized spacial score (nSPS) is 11.0. The van der Waals surface area contributed by atoms with Crippen LogP contribution < -0.4 is 5.32 Å². The fourth-order valence-corrected chi connectivity index (χ4v) is 3.30. The Morgan fingerprint density at radius 3 is 2.83 bits per heavy atom. The highest BCUT2D eigenvalue weighted by Crippen LogP contribution is 2.29. The van der Waals surface area contributed by atoms with Gasteiger partial charge in [-0.3, -0.25) is 0 Å². The first-order valence-electron chi connectivity index (χ1n) is 6.19. The third kappa shape index (κ3) is 3.30. The second-order valence-electron chi connectivity index (χ2n) is 3.86. The molecule has 18 heavy (non-hydrogen) atoms. The molecule has 7 heteroatoms. The van der Waals surface area contributed by atoms with Crippen LogP contribution in [0.1, 0.15) is 31.0 Å². The van der Waals surface area contributed by atoms with Crippen molar-refractivity contribution in [1.29, 1.82) is 0 Å². The highest BCUT2D eigenvalue weighted by Gasteiger charge is 2.13. The number of hydrogen-bond donors (Lipinski definition) is 1. The standard InChI is InChI=1S/C11H17N5S2/c1-3-8-10(18-16-13-8)11-15-14-9(17-11)6-5-7-12-4-2/h12H,3-7H2,1-2H3. The lowest BCUT2D eigenvalue weighted by Gasteiger charge is -1.97. The molecule has 0 saturated heterocycles. The van der Waals surface area contributed by atoms with Gasteiger partial charge in [-0.2, -0.15) is 0 Å². The zero-order chi connectivity index (χ0) is 12.8. The average molecular weight is 283 g/mol. The molecule has 0 fully saturated rings. The molecule has 2 aromatic heterocycles. The van der Waals surface area contributed by atoms with Gasteiger partial charge in [0.1, 0.15) is 9.88 Å². The first-order valence-corrected chi connectivity index (χ1v) is 7.78. The topological polar surface area (TPSA) is 63.6 Å². The molecule has 0 unspecified atom stereocenters. The maximum absolute atomic E-state index is 4.24. The van der Waals surface area contributed by atoms with Crippen LogP contribution in [0.3, 0.4) is 0 Å². The van der Waals surface area contributed by atoms with Crippen molar-refractivity contribution in [1.82, 2.24) is 25.1 Å². The summed E-state index contributed by atoms with van der Waals surface area (Å²) in [6.07, 6.45) is 2.98. The van der Waals surface area contributed by atoms with Gasteiger partial charge in [0, 0.05) is 6.42 Å². The molecule has 0 saturated carbocycles. The molecule has 1 N–H and O–H groups in total. The van der Waals surface area contributed by atoms with Crippen LogP contribution in [0.4, 0.5) is 0 Å². The van der Waals surface area contributed by atoms with Crippen LogP contribution in [0.5, 0.6) is 0 Å². The molecule has 0 radical (unpaired) electrons. The van der Waals surface area contributed by atoms with E-state index < -0.39 is 0 Å². The van der Waals surface area contributed by atoms with Crippen molar-refractivity contribution in [3.8, 4) is 9.88 Å². The summed E-state index contributed by atoms with van der Waals surface area (Å²) in [5.41, 5.74) is 1.02. The Hall–Kier alpha value is -0.920. The predicted octanol–water partition coefficient (Wildman–Crippen LogP) is 2.16. The fraction of sp³-hybridized carbons (Fsp3) is 0.636. The van der Waals surface area contributed by atoms with Crippen molar-refractivity contribution in [3.63, 3.8) is 0 Å². The van der Waals surface area contributed by atoms with Gasteiger partial charge in [0.25, 0.3) is 0 Å². The zero-order valence-electron chi connectivity index (χ0n) is 10.6. The second-order valence-corrected chi connectivity index (χ2v) is 5.68. The molecule has 2 rings (SSSR count). The third-order valence-corrected chi connectivity index (χ3v) is 4.45. The summed E-state index contributed by atoms with van der Waals surface area (Å²) < 4.78 is 3.99. The Morgan fingerprint density at radius 2 is 2.06 bits per heavy atom. The maximum atomic E-state index is 4.24. The number of nitrogens with zero attached hydrogens (tertiary/aromatic N) is 4. The van der Waals surface area contributed by atoms with Crippen LogP contribution in [0.25, 0.3) is 9.88 Å². The Morgan fingerprint density at radius 1 is 1.17 bits per heavy atom. The first-order chi connectivity index (χ1) is 8.85. The molecule has 0 aromatic carbocycles. The lowest BCUT2D eigenvalue weighted by Crippen LogP contribution is -2.14. The lowest BCUT2D eigenvalue weighted by molar-refractivity contribution is 0.669. The summed E-state index contributed by atoms with van der Waals surface area (Å²) in [5, 5.41) is 17.9. The molecule has 0 aliphatic rings. The van der Waals surface area contributed by atoms with Crippen LogP contribution >= 0.6 is 22.9 Å². The minimum absolute atomic E-state index is 0.890. The second kappa shape index (κ2) is 6.86. The zero-order valence-corrected chi connectivity index (χ0v) is 12.3. The van der Waals surface area contributed by atoms with Gasteiger partial charge < -0.3 is 5.32 Å². The van der Waals surface area contributed by atoms with Gasteiger partial charge in [-0.1, -0.05) is 29.7 Å². The van der Waals surface area contributed by atoms with E-state index >= 15 is 0 Å². The summed E-state index contributed by atoms with van der Waals surface area (Å²) in [4.78, 5) is 1.08. The Bertz CT molecular complexity index is 479. The van der Waals surface area contributed by atoms with Gasteiger partial charge >= 0.3 is 0 Å². The molecular weight excluding hydrogens is 266 g/mol. The largest absolute Gasteiger partial charge is 0.317 e. The van der Waals surface area contributed by atoms with E-state index in [1.807, 2.05) is 0 Å². The van der Waals surface area contributed by atoms with Crippen molar-refractivity contribution in [2.45, 2.75) is 33.1 Å². The summed E-state index contributed by atoms with van der Waals surface area (Å²) >= 11 is 3.07. The van der Waals surface area contributed by atoms with Crippen LogP contribution in [0, 0.1) is 0 Å². The minimum Gasteiger partial charge on any atom is -0.317 e. The summed E-state index contributed by atoms with van der Waals surface area (Å²) in [6.45, 7) is 6.26. The van der Waals surface area contributed by atoms with Gasteiger partial charge in [0.2, 0.25) is 0 Å². The number of hydrogen-bond acceptors (Lipinski definition) is 7. The van der Waals surface area contributed by atoms with Gasteiger partial charge in [-0.05, 0) is 37.5 Å². The molecule has 2 aromatic rings. The van der Waals surface area contributed by atoms with Crippen molar-refractivity contribution in [2.75, 3.05) is 13.1 Å².